The Morgan fingerprint density at radius 2 is 1.90 bits per heavy atom. The molecule has 3 N–H and O–H groups in total. The average Bonchev–Trinajstić information content (AvgIpc) is 3.15. The number of hydrogen-bond donors (Lipinski definition) is 2. The molecule has 2 aromatic carbocycles. The van der Waals surface area contributed by atoms with Crippen LogP contribution in [0.3, 0.4) is 0 Å². The molecule has 30 heavy (non-hydrogen) atoms. The van der Waals surface area contributed by atoms with E-state index < -0.39 is 0 Å². The first-order valence-corrected chi connectivity index (χ1v) is 10.1. The highest BCUT2D eigenvalue weighted by Gasteiger charge is 2.17. The molecule has 0 radical (unpaired) electrons. The molecule has 0 unspecified atom stereocenters. The number of nitrogens with one attached hydrogen (secondary N) is 1. The zero-order valence-electron chi connectivity index (χ0n) is 16.7. The number of nitrogens with zero attached hydrogens (tertiary/aromatic N) is 3. The van der Waals surface area contributed by atoms with Crippen molar-refractivity contribution in [2.45, 2.75) is 5.16 Å². The Bertz CT molecular complexity index is 981. The van der Waals surface area contributed by atoms with Crippen LogP contribution in [-0.2, 0) is 4.79 Å². The summed E-state index contributed by atoms with van der Waals surface area (Å²) in [5, 5.41) is 11.4. The third kappa shape index (κ3) is 5.35. The van der Waals surface area contributed by atoms with Crippen LogP contribution in [0, 0.1) is 0 Å². The highest BCUT2D eigenvalue weighted by Crippen LogP contribution is 2.32. The Morgan fingerprint density at radius 3 is 2.63 bits per heavy atom. The molecule has 1 amide bonds. The summed E-state index contributed by atoms with van der Waals surface area (Å²) in [6.07, 6.45) is 0. The second-order valence-corrected chi connectivity index (χ2v) is 6.99. The van der Waals surface area contributed by atoms with Gasteiger partial charge in [-0.25, -0.2) is 4.68 Å². The summed E-state index contributed by atoms with van der Waals surface area (Å²) >= 11 is 1.19. The molecule has 1 heterocycles. The number of para-hydroxylation sites is 1. The molecule has 3 rings (SSSR count). The molecule has 0 aliphatic heterocycles. The highest BCUT2D eigenvalue weighted by molar-refractivity contribution is 7.99. The van der Waals surface area contributed by atoms with Crippen molar-refractivity contribution in [3.05, 3.63) is 48.5 Å². The summed E-state index contributed by atoms with van der Waals surface area (Å²) in [6, 6.07) is 14.7. The van der Waals surface area contributed by atoms with Gasteiger partial charge in [-0.3, -0.25) is 4.79 Å². The van der Waals surface area contributed by atoms with Crippen molar-refractivity contribution >= 4 is 17.7 Å². The first kappa shape index (κ1) is 21.3. The Labute approximate surface area is 178 Å². The van der Waals surface area contributed by atoms with Gasteiger partial charge in [0.25, 0.3) is 0 Å². The number of hydrogen-bond acceptors (Lipinski definition) is 8. The third-order valence-electron chi connectivity index (χ3n) is 4.08. The van der Waals surface area contributed by atoms with Gasteiger partial charge in [-0.2, -0.15) is 0 Å². The molecule has 158 valence electrons. The van der Waals surface area contributed by atoms with Crippen LogP contribution >= 0.6 is 11.8 Å². The molecule has 3 aromatic rings. The normalized spacial score (nSPS) is 10.5. The molecule has 10 heteroatoms. The molecule has 0 atom stereocenters. The lowest BCUT2D eigenvalue weighted by molar-refractivity contribution is -0.118. The minimum Gasteiger partial charge on any atom is -0.497 e. The van der Waals surface area contributed by atoms with E-state index in [4.69, 9.17) is 20.1 Å². The number of methoxy groups -OCH3 is 2. The molecule has 0 aliphatic carbocycles. The van der Waals surface area contributed by atoms with Gasteiger partial charge in [-0.1, -0.05) is 30.0 Å². The molecule has 9 nitrogen and oxygen atoms in total. The van der Waals surface area contributed by atoms with E-state index in [0.29, 0.717) is 41.2 Å². The van der Waals surface area contributed by atoms with Crippen LogP contribution in [0.25, 0.3) is 11.4 Å². The maximum Gasteiger partial charge on any atom is 0.230 e. The lowest BCUT2D eigenvalue weighted by atomic mass is 10.2. The van der Waals surface area contributed by atoms with Gasteiger partial charge < -0.3 is 25.4 Å². The lowest BCUT2D eigenvalue weighted by Crippen LogP contribution is -2.29. The minimum atomic E-state index is -0.150. The van der Waals surface area contributed by atoms with Gasteiger partial charge in [-0.15, -0.1) is 10.2 Å². The average molecular weight is 430 g/mol. The van der Waals surface area contributed by atoms with E-state index in [1.54, 1.807) is 32.4 Å². The summed E-state index contributed by atoms with van der Waals surface area (Å²) in [4.78, 5) is 12.1. The van der Waals surface area contributed by atoms with Crippen LogP contribution < -0.4 is 25.4 Å². The maximum absolute atomic E-state index is 12.1. The van der Waals surface area contributed by atoms with Crippen molar-refractivity contribution in [1.29, 1.82) is 0 Å². The maximum atomic E-state index is 12.1. The molecule has 0 saturated heterocycles. The number of nitrogens with two attached hydrogens (primary N) is 1. The Balaban J connectivity index is 1.52. The largest absolute Gasteiger partial charge is 0.497 e. The summed E-state index contributed by atoms with van der Waals surface area (Å²) in [6.45, 7) is 0.785. The predicted octanol–water partition coefficient (Wildman–Crippen LogP) is 1.96. The summed E-state index contributed by atoms with van der Waals surface area (Å²) in [5.41, 5.74) is 0.669. The van der Waals surface area contributed by atoms with Crippen LogP contribution in [0.5, 0.6) is 17.2 Å². The van der Waals surface area contributed by atoms with Gasteiger partial charge in [0, 0.05) is 6.07 Å². The standard InChI is InChI=1S/C20H23N5O4S/c1-27-15-8-9-16(17(12-15)28-2)19-23-24-20(25(19)21)30-13-18(26)22-10-11-29-14-6-4-3-5-7-14/h3-9,12H,10-11,13,21H2,1-2H3,(H,22,26). The number of nitrogen functional groups attached to an aromatic ring is 1. The van der Waals surface area contributed by atoms with Crippen LogP contribution in [-0.4, -0.2) is 53.9 Å². The second kappa shape index (κ2) is 10.4. The van der Waals surface area contributed by atoms with Crippen molar-refractivity contribution in [3.8, 4) is 28.6 Å². The molecule has 0 fully saturated rings. The SMILES string of the molecule is COc1ccc(-c2nnc(SCC(=O)NCCOc3ccccc3)n2N)c(OC)c1. The topological polar surface area (TPSA) is 114 Å². The zero-order valence-corrected chi connectivity index (χ0v) is 17.5. The fourth-order valence-electron chi connectivity index (χ4n) is 2.60. The van der Waals surface area contributed by atoms with Crippen molar-refractivity contribution in [2.24, 2.45) is 0 Å². The number of carbonyl (C=O) groups excluding carboxylic acids is 1. The monoisotopic (exact) mass is 429 g/mol. The van der Waals surface area contributed by atoms with Crippen molar-refractivity contribution in [3.63, 3.8) is 0 Å². The minimum absolute atomic E-state index is 0.150. The van der Waals surface area contributed by atoms with Crippen molar-refractivity contribution < 1.29 is 19.0 Å². The van der Waals surface area contributed by atoms with Crippen LogP contribution in [0.1, 0.15) is 0 Å². The summed E-state index contributed by atoms with van der Waals surface area (Å²) < 4.78 is 17.5. The first-order chi connectivity index (χ1) is 14.6. The quantitative estimate of drug-likeness (QED) is 0.286. The van der Waals surface area contributed by atoms with Gasteiger partial charge in [0.1, 0.15) is 23.9 Å². The Hall–Kier alpha value is -3.40. The van der Waals surface area contributed by atoms with E-state index in [0.717, 1.165) is 5.75 Å². The molecule has 0 saturated carbocycles. The van der Waals surface area contributed by atoms with E-state index in [1.807, 2.05) is 30.3 Å². The van der Waals surface area contributed by atoms with E-state index >= 15 is 0 Å². The van der Waals surface area contributed by atoms with Gasteiger partial charge in [-0.05, 0) is 24.3 Å². The fraction of sp³-hybridized carbons (Fsp3) is 0.250. The molecular weight excluding hydrogens is 406 g/mol. The second-order valence-electron chi connectivity index (χ2n) is 6.04. The van der Waals surface area contributed by atoms with Gasteiger partial charge >= 0.3 is 0 Å². The van der Waals surface area contributed by atoms with Crippen LogP contribution in [0.2, 0.25) is 0 Å². The molecule has 1 aromatic heterocycles. The number of thioether (sulfide) groups is 1. The lowest BCUT2D eigenvalue weighted by Gasteiger charge is -2.10. The van der Waals surface area contributed by atoms with Gasteiger partial charge in [0.05, 0.1) is 32.1 Å². The number of rotatable bonds is 10. The zero-order chi connectivity index (χ0) is 21.3. The van der Waals surface area contributed by atoms with Crippen LogP contribution in [0.4, 0.5) is 0 Å². The van der Waals surface area contributed by atoms with E-state index in [1.165, 1.54) is 16.4 Å². The number of benzene rings is 2. The molecule has 0 spiro atoms. The van der Waals surface area contributed by atoms with Gasteiger partial charge in [0.2, 0.25) is 11.1 Å². The molecular formula is C20H23N5O4S. The molecule has 0 aliphatic rings. The smallest absolute Gasteiger partial charge is 0.230 e. The van der Waals surface area contributed by atoms with Gasteiger partial charge in [0.15, 0.2) is 5.82 Å². The Morgan fingerprint density at radius 1 is 1.10 bits per heavy atom. The third-order valence-corrected chi connectivity index (χ3v) is 5.03. The van der Waals surface area contributed by atoms with Crippen LogP contribution in [0.15, 0.2) is 53.7 Å². The number of aromatic nitrogens is 3. The summed E-state index contributed by atoms with van der Waals surface area (Å²) in [7, 11) is 3.13. The van der Waals surface area contributed by atoms with E-state index in [2.05, 4.69) is 15.5 Å². The highest BCUT2D eigenvalue weighted by atomic mass is 32.2. The van der Waals surface area contributed by atoms with Crippen molar-refractivity contribution in [2.75, 3.05) is 39.0 Å². The van der Waals surface area contributed by atoms with E-state index in [-0.39, 0.29) is 11.7 Å². The number of amides is 1. The van der Waals surface area contributed by atoms with Crippen molar-refractivity contribution in [1.82, 2.24) is 20.2 Å². The molecule has 0 bridgehead atoms. The number of carbonyl (C=O) groups is 1. The Kier molecular flexibility index (Phi) is 7.39. The van der Waals surface area contributed by atoms with E-state index in [9.17, 15) is 4.79 Å². The first-order valence-electron chi connectivity index (χ1n) is 9.12. The fourth-order valence-corrected chi connectivity index (χ4v) is 3.29. The number of ether oxygens (including phenoxy) is 3. The predicted molar refractivity (Wildman–Crippen MR) is 114 cm³/mol. The summed E-state index contributed by atoms with van der Waals surface area (Å²) in [5.74, 6) is 8.54.